The number of rotatable bonds is 2. The number of aliphatic hydroxyl groups is 1. The van der Waals surface area contributed by atoms with Crippen molar-refractivity contribution < 1.29 is 5.11 Å². The molecule has 0 spiro atoms. The first-order valence-electron chi connectivity index (χ1n) is 5.19. The summed E-state index contributed by atoms with van der Waals surface area (Å²) in [5, 5.41) is 12.2. The van der Waals surface area contributed by atoms with Gasteiger partial charge in [-0.15, -0.1) is 11.3 Å². The molecule has 3 heteroatoms. The molecule has 1 heterocycles. The van der Waals surface area contributed by atoms with Gasteiger partial charge in [0.05, 0.1) is 9.89 Å². The fourth-order valence-electron chi connectivity index (χ4n) is 2.20. The van der Waals surface area contributed by atoms with Crippen LogP contribution in [0.3, 0.4) is 0 Å². The maximum absolute atomic E-state index is 10.1. The van der Waals surface area contributed by atoms with Gasteiger partial charge in [0.1, 0.15) is 0 Å². The van der Waals surface area contributed by atoms with E-state index in [1.54, 1.807) is 11.3 Å². The van der Waals surface area contributed by atoms with E-state index in [0.717, 1.165) is 9.35 Å². The molecule has 1 saturated carbocycles. The Kier molecular flexibility index (Phi) is 3.63. The molecule has 78 valence electrons. The molecule has 1 fully saturated rings. The summed E-state index contributed by atoms with van der Waals surface area (Å²) in [5.74, 6) is 0.491. The molecule has 0 aromatic carbocycles. The van der Waals surface area contributed by atoms with E-state index >= 15 is 0 Å². The minimum Gasteiger partial charge on any atom is -0.388 e. The molecule has 1 atom stereocenters. The van der Waals surface area contributed by atoms with Crippen molar-refractivity contribution in [1.29, 1.82) is 0 Å². The van der Waals surface area contributed by atoms with Crippen LogP contribution in [-0.4, -0.2) is 5.11 Å². The normalized spacial score (nSPS) is 21.0. The van der Waals surface area contributed by atoms with Crippen molar-refractivity contribution in [2.45, 2.75) is 38.2 Å². The summed E-state index contributed by atoms with van der Waals surface area (Å²) in [6, 6.07) is 2.05. The Balaban J connectivity index is 2.03. The van der Waals surface area contributed by atoms with Crippen LogP contribution in [0.5, 0.6) is 0 Å². The van der Waals surface area contributed by atoms with Gasteiger partial charge in [-0.3, -0.25) is 0 Å². The Morgan fingerprint density at radius 2 is 2.07 bits per heavy atom. The van der Waals surface area contributed by atoms with Crippen LogP contribution in [-0.2, 0) is 0 Å². The third-order valence-corrected chi connectivity index (χ3v) is 4.55. The molecule has 1 N–H and O–H groups in total. The van der Waals surface area contributed by atoms with Gasteiger partial charge in [0.15, 0.2) is 0 Å². The molecule has 14 heavy (non-hydrogen) atoms. The third-order valence-electron chi connectivity index (χ3n) is 3.03. The van der Waals surface area contributed by atoms with Crippen molar-refractivity contribution in [2.24, 2.45) is 5.92 Å². The molecule has 0 radical (unpaired) electrons. The molecule has 0 amide bonds. The molecular weight excluding hydrogens is 260 g/mol. The van der Waals surface area contributed by atoms with Gasteiger partial charge in [-0.05, 0) is 51.7 Å². The zero-order valence-corrected chi connectivity index (χ0v) is 10.5. The summed E-state index contributed by atoms with van der Waals surface area (Å²) in [7, 11) is 0. The monoisotopic (exact) mass is 274 g/mol. The summed E-state index contributed by atoms with van der Waals surface area (Å²) in [5.41, 5.74) is 1.09. The van der Waals surface area contributed by atoms with Crippen molar-refractivity contribution >= 4 is 27.3 Å². The third kappa shape index (κ3) is 2.38. The maximum atomic E-state index is 10.1. The van der Waals surface area contributed by atoms with Crippen molar-refractivity contribution in [3.8, 4) is 0 Å². The summed E-state index contributed by atoms with van der Waals surface area (Å²) < 4.78 is 1.11. The lowest BCUT2D eigenvalue weighted by Gasteiger charge is -2.26. The Hall–Kier alpha value is 0.140. The summed E-state index contributed by atoms with van der Waals surface area (Å²) in [4.78, 5) is 0. The first kappa shape index (κ1) is 10.7. The fourth-order valence-corrected chi connectivity index (χ4v) is 3.41. The number of thiophene rings is 1. The first-order chi connectivity index (χ1) is 6.77. The molecular formula is C11H15BrOS. The molecule has 1 aliphatic carbocycles. The van der Waals surface area contributed by atoms with Crippen molar-refractivity contribution in [3.05, 3.63) is 20.8 Å². The zero-order valence-electron chi connectivity index (χ0n) is 8.08. The average molecular weight is 275 g/mol. The van der Waals surface area contributed by atoms with Crippen LogP contribution in [0.2, 0.25) is 0 Å². The van der Waals surface area contributed by atoms with Crippen LogP contribution in [0.15, 0.2) is 15.2 Å². The highest BCUT2D eigenvalue weighted by Gasteiger charge is 2.23. The lowest BCUT2D eigenvalue weighted by molar-refractivity contribution is 0.0852. The van der Waals surface area contributed by atoms with Crippen LogP contribution in [0.1, 0.15) is 43.8 Å². The van der Waals surface area contributed by atoms with Gasteiger partial charge in [-0.2, -0.15) is 0 Å². The highest BCUT2D eigenvalue weighted by atomic mass is 79.9. The fraction of sp³-hybridized carbons (Fsp3) is 0.636. The number of halogens is 1. The van der Waals surface area contributed by atoms with E-state index in [1.807, 2.05) is 6.07 Å². The van der Waals surface area contributed by atoms with Gasteiger partial charge in [0, 0.05) is 0 Å². The second-order valence-corrected chi connectivity index (χ2v) is 6.32. The maximum Gasteiger partial charge on any atom is 0.0826 e. The zero-order chi connectivity index (χ0) is 9.97. The van der Waals surface area contributed by atoms with Crippen LogP contribution >= 0.6 is 27.3 Å². The van der Waals surface area contributed by atoms with Gasteiger partial charge >= 0.3 is 0 Å². The van der Waals surface area contributed by atoms with Gasteiger partial charge < -0.3 is 5.11 Å². The molecule has 0 aliphatic heterocycles. The van der Waals surface area contributed by atoms with E-state index in [9.17, 15) is 5.11 Å². The van der Waals surface area contributed by atoms with Crippen LogP contribution in [0, 0.1) is 5.92 Å². The van der Waals surface area contributed by atoms with E-state index in [-0.39, 0.29) is 6.10 Å². The van der Waals surface area contributed by atoms with E-state index in [2.05, 4.69) is 21.3 Å². The molecule has 0 saturated heterocycles. The molecule has 2 rings (SSSR count). The SMILES string of the molecule is OC(c1csc(Br)c1)C1CCCCC1. The number of hydrogen-bond acceptors (Lipinski definition) is 2. The van der Waals surface area contributed by atoms with E-state index in [1.165, 1.54) is 32.1 Å². The Bertz CT molecular complexity index is 291. The predicted octanol–water partition coefficient (Wildman–Crippen LogP) is 4.12. The predicted molar refractivity (Wildman–Crippen MR) is 63.6 cm³/mol. The van der Waals surface area contributed by atoms with Crippen molar-refractivity contribution in [3.63, 3.8) is 0 Å². The number of hydrogen-bond donors (Lipinski definition) is 1. The summed E-state index contributed by atoms with van der Waals surface area (Å²) in [6.45, 7) is 0. The van der Waals surface area contributed by atoms with Crippen molar-refractivity contribution in [2.75, 3.05) is 0 Å². The van der Waals surface area contributed by atoms with E-state index < -0.39 is 0 Å². The van der Waals surface area contributed by atoms with Gasteiger partial charge in [-0.1, -0.05) is 19.3 Å². The second-order valence-electron chi connectivity index (χ2n) is 4.03. The molecule has 0 bridgehead atoms. The lowest BCUT2D eigenvalue weighted by atomic mass is 9.83. The van der Waals surface area contributed by atoms with Crippen molar-refractivity contribution in [1.82, 2.24) is 0 Å². The van der Waals surface area contributed by atoms with E-state index in [4.69, 9.17) is 0 Å². The topological polar surface area (TPSA) is 20.2 Å². The van der Waals surface area contributed by atoms with E-state index in [0.29, 0.717) is 5.92 Å². The van der Waals surface area contributed by atoms with Crippen LogP contribution < -0.4 is 0 Å². The Morgan fingerprint density at radius 1 is 1.36 bits per heavy atom. The molecule has 1 aromatic rings. The minimum atomic E-state index is -0.238. The standard InChI is InChI=1S/C11H15BrOS/c12-10-6-9(7-14-10)11(13)8-4-2-1-3-5-8/h6-8,11,13H,1-5H2. The highest BCUT2D eigenvalue weighted by molar-refractivity contribution is 9.11. The summed E-state index contributed by atoms with van der Waals surface area (Å²) >= 11 is 5.09. The largest absolute Gasteiger partial charge is 0.388 e. The highest BCUT2D eigenvalue weighted by Crippen LogP contribution is 2.36. The van der Waals surface area contributed by atoms with Gasteiger partial charge in [0.25, 0.3) is 0 Å². The quantitative estimate of drug-likeness (QED) is 0.860. The smallest absolute Gasteiger partial charge is 0.0826 e. The molecule has 1 aromatic heterocycles. The average Bonchev–Trinajstić information content (AvgIpc) is 2.65. The second kappa shape index (κ2) is 4.77. The summed E-state index contributed by atoms with van der Waals surface area (Å²) in [6.07, 6.45) is 6.05. The van der Waals surface area contributed by atoms with Gasteiger partial charge in [0.2, 0.25) is 0 Å². The minimum absolute atomic E-state index is 0.238. The Labute approximate surface area is 97.3 Å². The molecule has 1 unspecified atom stereocenters. The Morgan fingerprint density at radius 3 is 2.64 bits per heavy atom. The first-order valence-corrected chi connectivity index (χ1v) is 6.86. The van der Waals surface area contributed by atoms with Crippen LogP contribution in [0.25, 0.3) is 0 Å². The molecule has 1 aliphatic rings. The lowest BCUT2D eigenvalue weighted by Crippen LogP contribution is -2.15. The number of aliphatic hydroxyl groups excluding tert-OH is 1. The van der Waals surface area contributed by atoms with Crippen LogP contribution in [0.4, 0.5) is 0 Å². The van der Waals surface area contributed by atoms with Gasteiger partial charge in [-0.25, -0.2) is 0 Å². The molecule has 1 nitrogen and oxygen atoms in total.